The zero-order chi connectivity index (χ0) is 21.8. The van der Waals surface area contributed by atoms with Gasteiger partial charge in [0, 0.05) is 69.2 Å². The van der Waals surface area contributed by atoms with Crippen LogP contribution in [0.2, 0.25) is 0 Å². The lowest BCUT2D eigenvalue weighted by atomic mass is 10.1. The first-order chi connectivity index (χ1) is 14.3. The molecule has 2 aromatic carbocycles. The SMILES string of the molecule is CNC(=O)CCCCC(=O)N1c2ccc(N(C)C)cc2Sc2cc(N(C)C)ccc21. The average molecular weight is 427 g/mol. The van der Waals surface area contributed by atoms with Gasteiger partial charge in [-0.3, -0.25) is 14.5 Å². The Kier molecular flexibility index (Phi) is 6.92. The minimum atomic E-state index is 0.0138. The number of unbranched alkanes of at least 4 members (excludes halogenated alkanes) is 1. The highest BCUT2D eigenvalue weighted by molar-refractivity contribution is 7.99. The Labute approximate surface area is 183 Å². The van der Waals surface area contributed by atoms with Crippen molar-refractivity contribution in [3.05, 3.63) is 36.4 Å². The molecule has 0 saturated heterocycles. The van der Waals surface area contributed by atoms with Crippen LogP contribution in [0.25, 0.3) is 0 Å². The number of carbonyl (C=O) groups excluding carboxylic acids is 2. The van der Waals surface area contributed by atoms with Gasteiger partial charge in [0.15, 0.2) is 0 Å². The maximum Gasteiger partial charge on any atom is 0.231 e. The molecule has 1 aliphatic heterocycles. The van der Waals surface area contributed by atoms with Crippen LogP contribution in [-0.2, 0) is 9.59 Å². The Morgan fingerprint density at radius 2 is 1.37 bits per heavy atom. The number of carbonyl (C=O) groups is 2. The molecule has 1 aliphatic rings. The maximum atomic E-state index is 13.3. The molecule has 1 N–H and O–H groups in total. The molecule has 0 saturated carbocycles. The molecule has 0 spiro atoms. The number of benzene rings is 2. The Morgan fingerprint density at radius 3 is 1.83 bits per heavy atom. The predicted octanol–water partition coefficient (Wildman–Crippen LogP) is 4.25. The lowest BCUT2D eigenvalue weighted by molar-refractivity contribution is -0.121. The predicted molar refractivity (Wildman–Crippen MR) is 125 cm³/mol. The Morgan fingerprint density at radius 1 is 0.867 bits per heavy atom. The summed E-state index contributed by atoms with van der Waals surface area (Å²) in [5.74, 6) is 0.0739. The Hall–Kier alpha value is -2.67. The minimum Gasteiger partial charge on any atom is -0.378 e. The summed E-state index contributed by atoms with van der Waals surface area (Å²) >= 11 is 1.70. The molecule has 6 nitrogen and oxygen atoms in total. The van der Waals surface area contributed by atoms with Crippen molar-refractivity contribution in [3.63, 3.8) is 0 Å². The average Bonchev–Trinajstić information content (AvgIpc) is 2.73. The summed E-state index contributed by atoms with van der Waals surface area (Å²) in [6, 6.07) is 12.4. The van der Waals surface area contributed by atoms with E-state index in [1.807, 2.05) is 57.4 Å². The van der Waals surface area contributed by atoms with Crippen LogP contribution >= 0.6 is 11.8 Å². The number of hydrogen-bond donors (Lipinski definition) is 1. The van der Waals surface area contributed by atoms with Crippen molar-refractivity contribution in [3.8, 4) is 0 Å². The van der Waals surface area contributed by atoms with E-state index in [9.17, 15) is 9.59 Å². The zero-order valence-electron chi connectivity index (χ0n) is 18.4. The highest BCUT2D eigenvalue weighted by atomic mass is 32.2. The third-order valence-corrected chi connectivity index (χ3v) is 6.29. The molecule has 0 bridgehead atoms. The van der Waals surface area contributed by atoms with E-state index in [1.54, 1.807) is 18.8 Å². The molecular weight excluding hydrogens is 396 g/mol. The molecule has 0 unspecified atom stereocenters. The van der Waals surface area contributed by atoms with Crippen LogP contribution in [0.5, 0.6) is 0 Å². The summed E-state index contributed by atoms with van der Waals surface area (Å²) < 4.78 is 0. The van der Waals surface area contributed by atoms with E-state index in [0.717, 1.165) is 32.5 Å². The second-order valence-electron chi connectivity index (χ2n) is 7.80. The van der Waals surface area contributed by atoms with Crippen molar-refractivity contribution in [2.24, 2.45) is 0 Å². The molecule has 30 heavy (non-hydrogen) atoms. The van der Waals surface area contributed by atoms with Crippen molar-refractivity contribution < 1.29 is 9.59 Å². The fraction of sp³-hybridized carbons (Fsp3) is 0.391. The third kappa shape index (κ3) is 4.73. The molecule has 0 fully saturated rings. The van der Waals surface area contributed by atoms with Gasteiger partial charge in [-0.1, -0.05) is 11.8 Å². The van der Waals surface area contributed by atoms with Gasteiger partial charge in [0.05, 0.1) is 11.4 Å². The largest absolute Gasteiger partial charge is 0.378 e. The second kappa shape index (κ2) is 9.43. The van der Waals surface area contributed by atoms with Gasteiger partial charge in [-0.05, 0) is 49.2 Å². The highest BCUT2D eigenvalue weighted by Gasteiger charge is 2.28. The number of nitrogens with zero attached hydrogens (tertiary/aromatic N) is 3. The van der Waals surface area contributed by atoms with Crippen LogP contribution in [0.1, 0.15) is 25.7 Å². The van der Waals surface area contributed by atoms with E-state index >= 15 is 0 Å². The first-order valence-corrected chi connectivity index (χ1v) is 11.0. The van der Waals surface area contributed by atoms with Gasteiger partial charge in [0.25, 0.3) is 0 Å². The third-order valence-electron chi connectivity index (χ3n) is 5.19. The summed E-state index contributed by atoms with van der Waals surface area (Å²) in [6.45, 7) is 0. The smallest absolute Gasteiger partial charge is 0.231 e. The number of nitrogens with one attached hydrogen (secondary N) is 1. The fourth-order valence-electron chi connectivity index (χ4n) is 3.41. The van der Waals surface area contributed by atoms with Gasteiger partial charge >= 0.3 is 0 Å². The second-order valence-corrected chi connectivity index (χ2v) is 8.89. The Bertz CT molecular complexity index is 885. The fourth-order valence-corrected chi connectivity index (χ4v) is 4.53. The molecule has 0 aromatic heterocycles. The van der Waals surface area contributed by atoms with E-state index < -0.39 is 0 Å². The van der Waals surface area contributed by atoms with Crippen LogP contribution < -0.4 is 20.0 Å². The molecule has 0 radical (unpaired) electrons. The number of amides is 2. The van der Waals surface area contributed by atoms with E-state index in [1.165, 1.54) is 0 Å². The van der Waals surface area contributed by atoms with Crippen molar-refractivity contribution in [2.75, 3.05) is 49.9 Å². The molecule has 1 heterocycles. The van der Waals surface area contributed by atoms with Crippen LogP contribution in [0.15, 0.2) is 46.2 Å². The molecule has 2 amide bonds. The first kappa shape index (κ1) is 22.0. The van der Waals surface area contributed by atoms with E-state index in [0.29, 0.717) is 25.7 Å². The van der Waals surface area contributed by atoms with Gasteiger partial charge in [0.2, 0.25) is 11.8 Å². The number of anilines is 4. The maximum absolute atomic E-state index is 13.3. The molecule has 2 aromatic rings. The number of fused-ring (bicyclic) bond motifs is 2. The van der Waals surface area contributed by atoms with E-state index in [4.69, 9.17) is 0 Å². The molecule has 7 heteroatoms. The van der Waals surface area contributed by atoms with Crippen LogP contribution in [-0.4, -0.2) is 47.1 Å². The van der Waals surface area contributed by atoms with E-state index in [-0.39, 0.29) is 11.8 Å². The van der Waals surface area contributed by atoms with Gasteiger partial charge < -0.3 is 15.1 Å². The number of rotatable bonds is 7. The van der Waals surface area contributed by atoms with Gasteiger partial charge in [-0.25, -0.2) is 0 Å². The summed E-state index contributed by atoms with van der Waals surface area (Å²) in [5, 5.41) is 2.63. The zero-order valence-corrected chi connectivity index (χ0v) is 19.2. The quantitative estimate of drug-likeness (QED) is 0.671. The van der Waals surface area contributed by atoms with Crippen LogP contribution in [0, 0.1) is 0 Å². The standard InChI is InChI=1S/C23H30N4O2S/c1-24-22(28)8-6-7-9-23(29)27-18-12-10-16(25(2)3)14-20(18)30-21-15-17(26(4)5)11-13-19(21)27/h10-15H,6-9H2,1-5H3,(H,24,28). The lowest BCUT2D eigenvalue weighted by Gasteiger charge is -2.32. The summed E-state index contributed by atoms with van der Waals surface area (Å²) in [7, 11) is 9.70. The van der Waals surface area contributed by atoms with Crippen molar-refractivity contribution in [1.29, 1.82) is 0 Å². The van der Waals surface area contributed by atoms with Crippen molar-refractivity contribution in [1.82, 2.24) is 5.32 Å². The van der Waals surface area contributed by atoms with Gasteiger partial charge in [0.1, 0.15) is 0 Å². The normalized spacial score (nSPS) is 12.1. The van der Waals surface area contributed by atoms with Crippen LogP contribution in [0.3, 0.4) is 0 Å². The van der Waals surface area contributed by atoms with Crippen LogP contribution in [0.4, 0.5) is 22.7 Å². The van der Waals surface area contributed by atoms with Gasteiger partial charge in [-0.15, -0.1) is 0 Å². The van der Waals surface area contributed by atoms with Crippen molar-refractivity contribution in [2.45, 2.75) is 35.5 Å². The number of hydrogen-bond acceptors (Lipinski definition) is 5. The summed E-state index contributed by atoms with van der Waals surface area (Å²) in [5.41, 5.74) is 4.05. The van der Waals surface area contributed by atoms with Gasteiger partial charge in [-0.2, -0.15) is 0 Å². The molecule has 3 rings (SSSR count). The van der Waals surface area contributed by atoms with E-state index in [2.05, 4.69) is 27.2 Å². The molecule has 0 atom stereocenters. The molecule has 0 aliphatic carbocycles. The first-order valence-electron chi connectivity index (χ1n) is 10.2. The minimum absolute atomic E-state index is 0.0138. The summed E-state index contributed by atoms with van der Waals surface area (Å²) in [6.07, 6.45) is 2.25. The Balaban J connectivity index is 1.91. The molecular formula is C23H30N4O2S. The van der Waals surface area contributed by atoms with Crippen molar-refractivity contribution >= 4 is 46.3 Å². The molecule has 160 valence electrons. The summed E-state index contributed by atoms with van der Waals surface area (Å²) in [4.78, 5) is 32.8. The topological polar surface area (TPSA) is 55.9 Å². The highest BCUT2D eigenvalue weighted by Crippen LogP contribution is 2.50. The lowest BCUT2D eigenvalue weighted by Crippen LogP contribution is -2.28. The monoisotopic (exact) mass is 426 g/mol.